The summed E-state index contributed by atoms with van der Waals surface area (Å²) in [6.07, 6.45) is 0. The first-order chi connectivity index (χ1) is 8.24. The van der Waals surface area contributed by atoms with E-state index >= 15 is 0 Å². The number of nitrogens with zero attached hydrogens (tertiary/aromatic N) is 2. The van der Waals surface area contributed by atoms with Crippen LogP contribution in [0, 0.1) is 13.8 Å². The van der Waals surface area contributed by atoms with Gasteiger partial charge in [0.15, 0.2) is 17.1 Å². The standard InChI is InChI=1S/C14H13N2O/c1-10-8-13(12-6-4-3-5-7-12)16-14(15-10)9-11(2)17-16/h3-9H,1-2H3/q+1. The second kappa shape index (κ2) is 3.70. The lowest BCUT2D eigenvalue weighted by Gasteiger charge is -1.97. The fourth-order valence-electron chi connectivity index (χ4n) is 1.99. The van der Waals surface area contributed by atoms with Gasteiger partial charge in [-0.15, -0.1) is 0 Å². The molecule has 0 bridgehead atoms. The van der Waals surface area contributed by atoms with Crippen LogP contribution in [0.3, 0.4) is 0 Å². The third-order valence-electron chi connectivity index (χ3n) is 2.70. The smallest absolute Gasteiger partial charge is 0.300 e. The summed E-state index contributed by atoms with van der Waals surface area (Å²) in [5.41, 5.74) is 3.99. The number of rotatable bonds is 1. The van der Waals surface area contributed by atoms with E-state index in [1.165, 1.54) is 0 Å². The fraction of sp³-hybridized carbons (Fsp3) is 0.143. The predicted octanol–water partition coefficient (Wildman–Crippen LogP) is 2.70. The van der Waals surface area contributed by atoms with E-state index in [2.05, 4.69) is 17.1 Å². The molecule has 2 heterocycles. The molecule has 84 valence electrons. The number of benzene rings is 1. The minimum Gasteiger partial charge on any atom is -0.300 e. The Morgan fingerprint density at radius 1 is 1.06 bits per heavy atom. The van der Waals surface area contributed by atoms with Crippen molar-refractivity contribution in [3.63, 3.8) is 0 Å². The molecule has 0 radical (unpaired) electrons. The third-order valence-corrected chi connectivity index (χ3v) is 2.70. The molecule has 0 aliphatic heterocycles. The van der Waals surface area contributed by atoms with Crippen LogP contribution < -0.4 is 4.57 Å². The van der Waals surface area contributed by atoms with Crippen LogP contribution in [0.15, 0.2) is 47.0 Å². The van der Waals surface area contributed by atoms with Crippen LogP contribution in [0.2, 0.25) is 0 Å². The number of fused-ring (bicyclic) bond motifs is 1. The van der Waals surface area contributed by atoms with E-state index in [4.69, 9.17) is 4.52 Å². The van der Waals surface area contributed by atoms with Gasteiger partial charge in [0.1, 0.15) is 0 Å². The zero-order chi connectivity index (χ0) is 11.8. The highest BCUT2D eigenvalue weighted by Gasteiger charge is 2.17. The molecule has 3 nitrogen and oxygen atoms in total. The van der Waals surface area contributed by atoms with Crippen LogP contribution in [0.5, 0.6) is 0 Å². The van der Waals surface area contributed by atoms with Crippen molar-refractivity contribution in [2.45, 2.75) is 13.8 Å². The molecule has 0 aliphatic carbocycles. The summed E-state index contributed by atoms with van der Waals surface area (Å²) < 4.78 is 7.44. The molecule has 0 fully saturated rings. The van der Waals surface area contributed by atoms with Gasteiger partial charge in [0, 0.05) is 18.6 Å². The SMILES string of the molecule is Cc1cc(-c2ccccc2)[n+]2oc(C)cc2n1. The Labute approximate surface area is 99.3 Å². The molecule has 0 atom stereocenters. The molecular weight excluding hydrogens is 212 g/mol. The topological polar surface area (TPSA) is 30.1 Å². The molecule has 0 aliphatic rings. The highest BCUT2D eigenvalue weighted by molar-refractivity contribution is 5.57. The van der Waals surface area contributed by atoms with E-state index < -0.39 is 0 Å². The Bertz CT molecular complexity index is 671. The lowest BCUT2D eigenvalue weighted by Crippen LogP contribution is -2.23. The van der Waals surface area contributed by atoms with Gasteiger partial charge in [0.25, 0.3) is 0 Å². The van der Waals surface area contributed by atoms with E-state index in [1.54, 1.807) is 4.57 Å². The molecule has 0 N–H and O–H groups in total. The molecule has 3 aromatic rings. The maximum atomic E-state index is 5.66. The van der Waals surface area contributed by atoms with E-state index in [0.717, 1.165) is 28.4 Å². The van der Waals surface area contributed by atoms with Crippen molar-refractivity contribution in [2.24, 2.45) is 0 Å². The first-order valence-electron chi connectivity index (χ1n) is 5.60. The van der Waals surface area contributed by atoms with Crippen molar-refractivity contribution in [2.75, 3.05) is 0 Å². The summed E-state index contributed by atoms with van der Waals surface area (Å²) in [6, 6.07) is 14.2. The van der Waals surface area contributed by atoms with Gasteiger partial charge in [-0.3, -0.25) is 0 Å². The Morgan fingerprint density at radius 2 is 1.82 bits per heavy atom. The summed E-state index contributed by atoms with van der Waals surface area (Å²) in [4.78, 5) is 4.45. The Kier molecular flexibility index (Phi) is 2.18. The first kappa shape index (κ1) is 10.0. The van der Waals surface area contributed by atoms with Crippen molar-refractivity contribution >= 4 is 5.65 Å². The number of aryl methyl sites for hydroxylation is 2. The minimum absolute atomic E-state index is 0.848. The molecule has 0 spiro atoms. The average Bonchev–Trinajstić information content (AvgIpc) is 2.69. The summed E-state index contributed by atoms with van der Waals surface area (Å²) in [5, 5.41) is 0. The van der Waals surface area contributed by atoms with Gasteiger partial charge in [-0.1, -0.05) is 30.3 Å². The summed E-state index contributed by atoms with van der Waals surface area (Å²) in [6.45, 7) is 3.92. The quantitative estimate of drug-likeness (QED) is 0.596. The van der Waals surface area contributed by atoms with Crippen LogP contribution in [0.25, 0.3) is 16.9 Å². The van der Waals surface area contributed by atoms with Crippen LogP contribution in [0.1, 0.15) is 11.5 Å². The fourth-order valence-corrected chi connectivity index (χ4v) is 1.99. The zero-order valence-electron chi connectivity index (χ0n) is 9.84. The van der Waals surface area contributed by atoms with Crippen molar-refractivity contribution < 1.29 is 9.10 Å². The van der Waals surface area contributed by atoms with Crippen LogP contribution in [-0.4, -0.2) is 4.98 Å². The van der Waals surface area contributed by atoms with Gasteiger partial charge in [-0.25, -0.2) is 0 Å². The molecule has 0 saturated heterocycles. The van der Waals surface area contributed by atoms with Gasteiger partial charge in [0.2, 0.25) is 0 Å². The van der Waals surface area contributed by atoms with Crippen molar-refractivity contribution in [3.8, 4) is 11.3 Å². The summed E-state index contributed by atoms with van der Waals surface area (Å²) in [7, 11) is 0. The zero-order valence-corrected chi connectivity index (χ0v) is 9.84. The van der Waals surface area contributed by atoms with Crippen molar-refractivity contribution in [1.82, 2.24) is 4.98 Å². The Morgan fingerprint density at radius 3 is 2.59 bits per heavy atom. The molecule has 0 unspecified atom stereocenters. The highest BCUT2D eigenvalue weighted by atomic mass is 16.5. The largest absolute Gasteiger partial charge is 0.366 e. The Hall–Kier alpha value is -2.16. The average molecular weight is 225 g/mol. The molecule has 3 heteroatoms. The van der Waals surface area contributed by atoms with Gasteiger partial charge in [-0.05, 0) is 16.5 Å². The van der Waals surface area contributed by atoms with Crippen molar-refractivity contribution in [3.05, 3.63) is 53.9 Å². The highest BCUT2D eigenvalue weighted by Crippen LogP contribution is 2.17. The number of hydrogen-bond acceptors (Lipinski definition) is 2. The first-order valence-corrected chi connectivity index (χ1v) is 5.60. The van der Waals surface area contributed by atoms with Crippen molar-refractivity contribution in [1.29, 1.82) is 0 Å². The van der Waals surface area contributed by atoms with E-state index in [9.17, 15) is 0 Å². The molecule has 2 aromatic heterocycles. The maximum absolute atomic E-state index is 5.66. The van der Waals surface area contributed by atoms with E-state index in [1.807, 2.05) is 44.2 Å². The third kappa shape index (κ3) is 1.69. The van der Waals surface area contributed by atoms with Crippen LogP contribution >= 0.6 is 0 Å². The molecular formula is C14H13N2O+. The van der Waals surface area contributed by atoms with Gasteiger partial charge >= 0.3 is 5.65 Å². The lowest BCUT2D eigenvalue weighted by atomic mass is 10.1. The molecule has 3 rings (SSSR count). The monoisotopic (exact) mass is 225 g/mol. The van der Waals surface area contributed by atoms with Gasteiger partial charge < -0.3 is 4.52 Å². The van der Waals surface area contributed by atoms with E-state index in [0.29, 0.717) is 0 Å². The molecule has 0 saturated carbocycles. The van der Waals surface area contributed by atoms with E-state index in [-0.39, 0.29) is 0 Å². The van der Waals surface area contributed by atoms with Crippen LogP contribution in [-0.2, 0) is 0 Å². The molecule has 0 amide bonds. The molecule has 1 aromatic carbocycles. The number of hydrogen-bond donors (Lipinski definition) is 0. The predicted molar refractivity (Wildman–Crippen MR) is 64.6 cm³/mol. The van der Waals surface area contributed by atoms with Gasteiger partial charge in [-0.2, -0.15) is 0 Å². The Balaban J connectivity index is 2.35. The maximum Gasteiger partial charge on any atom is 0.366 e. The number of aromatic nitrogens is 2. The van der Waals surface area contributed by atoms with Crippen LogP contribution in [0.4, 0.5) is 0 Å². The summed E-state index contributed by atoms with van der Waals surface area (Å²) in [5.74, 6) is 0.861. The second-order valence-corrected chi connectivity index (χ2v) is 4.15. The normalized spacial score (nSPS) is 10.9. The van der Waals surface area contributed by atoms with Gasteiger partial charge in [0.05, 0.1) is 6.07 Å². The lowest BCUT2D eigenvalue weighted by molar-refractivity contribution is -0.710. The molecule has 17 heavy (non-hydrogen) atoms. The second-order valence-electron chi connectivity index (χ2n) is 4.15. The summed E-state index contributed by atoms with van der Waals surface area (Å²) >= 11 is 0. The minimum atomic E-state index is 0.848.